The predicted octanol–water partition coefficient (Wildman–Crippen LogP) is 0.845. The molecule has 128 valence electrons. The van der Waals surface area contributed by atoms with E-state index in [1.165, 1.54) is 14.2 Å². The summed E-state index contributed by atoms with van der Waals surface area (Å²) in [5.41, 5.74) is -1.61. The second-order valence-corrected chi connectivity index (χ2v) is 5.10. The molecular weight excluding hydrogens is 304 g/mol. The normalized spacial score (nSPS) is 16.9. The van der Waals surface area contributed by atoms with Crippen LogP contribution in [0.3, 0.4) is 0 Å². The van der Waals surface area contributed by atoms with Crippen LogP contribution in [0.2, 0.25) is 0 Å². The average molecular weight is 326 g/mol. The van der Waals surface area contributed by atoms with Gasteiger partial charge in [-0.25, -0.2) is 4.79 Å². The minimum absolute atomic E-state index is 0.101. The summed E-state index contributed by atoms with van der Waals surface area (Å²) in [4.78, 5) is 35.8. The van der Waals surface area contributed by atoms with Gasteiger partial charge in [0.1, 0.15) is 0 Å². The molecule has 1 rings (SSSR count). The minimum atomic E-state index is -1.61. The smallest absolute Gasteiger partial charge is 0.384 e. The zero-order valence-electron chi connectivity index (χ0n) is 13.7. The third-order valence-corrected chi connectivity index (χ3v) is 3.61. The van der Waals surface area contributed by atoms with E-state index >= 15 is 0 Å². The fourth-order valence-corrected chi connectivity index (χ4v) is 2.49. The summed E-state index contributed by atoms with van der Waals surface area (Å²) in [6.45, 7) is 2.43. The summed E-state index contributed by atoms with van der Waals surface area (Å²) >= 11 is 0. The number of carbonyl (C=O) groups is 3. The van der Waals surface area contributed by atoms with Gasteiger partial charge in [-0.2, -0.15) is 0 Å². The zero-order chi connectivity index (χ0) is 17.3. The van der Waals surface area contributed by atoms with E-state index in [0.29, 0.717) is 6.61 Å². The number of esters is 3. The molecule has 0 spiro atoms. The van der Waals surface area contributed by atoms with E-state index in [0.717, 1.165) is 12.8 Å². The zero-order valence-corrected chi connectivity index (χ0v) is 13.7. The molecule has 0 bridgehead atoms. The van der Waals surface area contributed by atoms with Crippen molar-refractivity contribution in [2.45, 2.75) is 38.7 Å². The van der Waals surface area contributed by atoms with Crippen LogP contribution in [0.5, 0.6) is 0 Å². The molecule has 1 heterocycles. The molecule has 7 nitrogen and oxygen atoms in total. The van der Waals surface area contributed by atoms with Crippen molar-refractivity contribution in [3.8, 4) is 11.8 Å². The van der Waals surface area contributed by atoms with Gasteiger partial charge in [0.05, 0.1) is 26.9 Å². The minimum Gasteiger partial charge on any atom is -0.468 e. The van der Waals surface area contributed by atoms with Crippen molar-refractivity contribution in [2.24, 2.45) is 5.41 Å². The van der Waals surface area contributed by atoms with Gasteiger partial charge in [0.25, 0.3) is 0 Å². The highest BCUT2D eigenvalue weighted by atomic mass is 16.5. The third kappa shape index (κ3) is 4.96. The number of carbonyl (C=O) groups excluding carboxylic acids is 3. The first kappa shape index (κ1) is 19.0. The summed E-state index contributed by atoms with van der Waals surface area (Å²) < 4.78 is 19.8. The first-order chi connectivity index (χ1) is 11.0. The summed E-state index contributed by atoms with van der Waals surface area (Å²) in [5.74, 6) is 2.57. The molecule has 0 aromatic rings. The van der Waals surface area contributed by atoms with E-state index in [4.69, 9.17) is 18.9 Å². The van der Waals surface area contributed by atoms with Gasteiger partial charge >= 0.3 is 17.9 Å². The fourth-order valence-electron chi connectivity index (χ4n) is 2.49. The summed E-state index contributed by atoms with van der Waals surface area (Å²) in [6, 6.07) is 0. The van der Waals surface area contributed by atoms with E-state index in [9.17, 15) is 14.4 Å². The molecule has 1 aliphatic rings. The van der Waals surface area contributed by atoms with Crippen molar-refractivity contribution in [2.75, 3.05) is 27.4 Å². The van der Waals surface area contributed by atoms with Crippen LogP contribution < -0.4 is 0 Å². The summed E-state index contributed by atoms with van der Waals surface area (Å²) in [5, 5.41) is 0. The number of rotatable bonds is 6. The standard InChI is InChI=1S/C16H22O7/c1-4-22-13(17)8-5-9-16(14(18)20-2,15(19)21-3)11-12-7-6-10-23-12/h12H,4,6-7,9-11H2,1-3H3. The van der Waals surface area contributed by atoms with E-state index < -0.39 is 23.3 Å². The van der Waals surface area contributed by atoms with Crippen LogP contribution in [0.15, 0.2) is 0 Å². The molecule has 0 radical (unpaired) electrons. The molecule has 0 amide bonds. The highest BCUT2D eigenvalue weighted by Gasteiger charge is 2.50. The Bertz CT molecular complexity index is 478. The van der Waals surface area contributed by atoms with Gasteiger partial charge in [0.2, 0.25) is 0 Å². The predicted molar refractivity (Wildman–Crippen MR) is 79.1 cm³/mol. The van der Waals surface area contributed by atoms with Crippen molar-refractivity contribution in [3.05, 3.63) is 0 Å². The lowest BCUT2D eigenvalue weighted by atomic mass is 9.78. The van der Waals surface area contributed by atoms with Crippen molar-refractivity contribution in [1.82, 2.24) is 0 Å². The number of ether oxygens (including phenoxy) is 4. The maximum Gasteiger partial charge on any atom is 0.384 e. The lowest BCUT2D eigenvalue weighted by Crippen LogP contribution is -2.43. The molecule has 0 N–H and O–H groups in total. The van der Waals surface area contributed by atoms with E-state index in [2.05, 4.69) is 11.8 Å². The van der Waals surface area contributed by atoms with Gasteiger partial charge < -0.3 is 18.9 Å². The summed E-state index contributed by atoms with van der Waals surface area (Å²) in [6.07, 6.45) is 1.24. The highest BCUT2D eigenvalue weighted by molar-refractivity contribution is 6.00. The molecule has 0 aromatic carbocycles. The van der Waals surface area contributed by atoms with E-state index in [-0.39, 0.29) is 25.6 Å². The molecule has 7 heteroatoms. The molecule has 0 saturated carbocycles. The molecule has 23 heavy (non-hydrogen) atoms. The Morgan fingerprint density at radius 3 is 2.35 bits per heavy atom. The molecule has 1 aliphatic heterocycles. The molecule has 1 unspecified atom stereocenters. The van der Waals surface area contributed by atoms with Crippen LogP contribution in [0.25, 0.3) is 0 Å². The topological polar surface area (TPSA) is 88.1 Å². The van der Waals surface area contributed by atoms with Crippen LogP contribution in [0.1, 0.15) is 32.6 Å². The van der Waals surface area contributed by atoms with Crippen LogP contribution in [0.4, 0.5) is 0 Å². The number of hydrogen-bond acceptors (Lipinski definition) is 7. The van der Waals surface area contributed by atoms with Crippen molar-refractivity contribution >= 4 is 17.9 Å². The van der Waals surface area contributed by atoms with E-state index in [1.807, 2.05) is 0 Å². The molecule has 0 aromatic heterocycles. The maximum absolute atomic E-state index is 12.3. The lowest BCUT2D eigenvalue weighted by Gasteiger charge is -2.28. The van der Waals surface area contributed by atoms with Crippen LogP contribution >= 0.6 is 0 Å². The van der Waals surface area contributed by atoms with Gasteiger partial charge in [0, 0.05) is 25.4 Å². The van der Waals surface area contributed by atoms with E-state index in [1.54, 1.807) is 6.92 Å². The Balaban J connectivity index is 3.02. The van der Waals surface area contributed by atoms with Crippen molar-refractivity contribution in [3.63, 3.8) is 0 Å². The maximum atomic E-state index is 12.3. The largest absolute Gasteiger partial charge is 0.468 e. The SMILES string of the molecule is CCOC(=O)C#CCC(CC1CCCO1)(C(=O)OC)C(=O)OC. The summed E-state index contributed by atoms with van der Waals surface area (Å²) in [7, 11) is 2.38. The van der Waals surface area contributed by atoms with Gasteiger partial charge in [0.15, 0.2) is 5.41 Å². The Morgan fingerprint density at radius 2 is 1.87 bits per heavy atom. The second kappa shape index (κ2) is 9.16. The number of hydrogen-bond donors (Lipinski definition) is 0. The number of methoxy groups -OCH3 is 2. The second-order valence-electron chi connectivity index (χ2n) is 5.10. The quantitative estimate of drug-likeness (QED) is 0.235. The third-order valence-electron chi connectivity index (χ3n) is 3.61. The van der Waals surface area contributed by atoms with Crippen LogP contribution in [-0.4, -0.2) is 51.4 Å². The molecule has 1 atom stereocenters. The fraction of sp³-hybridized carbons (Fsp3) is 0.688. The molecular formula is C16H22O7. The van der Waals surface area contributed by atoms with Gasteiger partial charge in [-0.05, 0) is 19.8 Å². The molecule has 0 aliphatic carbocycles. The molecule has 1 fully saturated rings. The lowest BCUT2D eigenvalue weighted by molar-refractivity contribution is -0.171. The van der Waals surface area contributed by atoms with Gasteiger partial charge in [-0.3, -0.25) is 9.59 Å². The van der Waals surface area contributed by atoms with Crippen LogP contribution in [-0.2, 0) is 33.3 Å². The monoisotopic (exact) mass is 326 g/mol. The average Bonchev–Trinajstić information content (AvgIpc) is 3.05. The first-order valence-corrected chi connectivity index (χ1v) is 7.44. The Morgan fingerprint density at radius 1 is 1.22 bits per heavy atom. The van der Waals surface area contributed by atoms with Crippen LogP contribution in [0, 0.1) is 17.3 Å². The Kier molecular flexibility index (Phi) is 7.55. The van der Waals surface area contributed by atoms with Crippen molar-refractivity contribution in [1.29, 1.82) is 0 Å². The molecule has 1 saturated heterocycles. The van der Waals surface area contributed by atoms with Gasteiger partial charge in [-0.1, -0.05) is 5.92 Å². The first-order valence-electron chi connectivity index (χ1n) is 7.44. The highest BCUT2D eigenvalue weighted by Crippen LogP contribution is 2.35. The van der Waals surface area contributed by atoms with Gasteiger partial charge in [-0.15, -0.1) is 0 Å². The Hall–Kier alpha value is -2.07. The van der Waals surface area contributed by atoms with Crippen molar-refractivity contribution < 1.29 is 33.3 Å². The Labute approximate surface area is 135 Å².